The zero-order valence-corrected chi connectivity index (χ0v) is 11.6. The molecule has 0 saturated heterocycles. The van der Waals surface area contributed by atoms with E-state index >= 15 is 0 Å². The number of thioether (sulfide) groups is 2. The van der Waals surface area contributed by atoms with Gasteiger partial charge in [0.05, 0.1) is 0 Å². The van der Waals surface area contributed by atoms with E-state index in [4.69, 9.17) is 5.73 Å². The SMILES string of the molecule is CCCCC(C)SCCSC1(N)N=CN=N1. The van der Waals surface area contributed by atoms with Gasteiger partial charge < -0.3 is 0 Å². The van der Waals surface area contributed by atoms with Gasteiger partial charge in [0, 0.05) is 16.8 Å². The summed E-state index contributed by atoms with van der Waals surface area (Å²) in [6, 6.07) is 0. The summed E-state index contributed by atoms with van der Waals surface area (Å²) in [4.78, 5) is 4.01. The maximum absolute atomic E-state index is 5.85. The Balaban J connectivity index is 2.03. The lowest BCUT2D eigenvalue weighted by Crippen LogP contribution is -2.29. The molecule has 0 aliphatic carbocycles. The highest BCUT2D eigenvalue weighted by atomic mass is 32.2. The molecule has 1 rings (SSSR count). The van der Waals surface area contributed by atoms with Crippen LogP contribution in [0.2, 0.25) is 0 Å². The van der Waals surface area contributed by atoms with Gasteiger partial charge in [-0.3, -0.25) is 5.73 Å². The molecule has 0 saturated carbocycles. The van der Waals surface area contributed by atoms with Crippen molar-refractivity contribution in [1.29, 1.82) is 0 Å². The minimum Gasteiger partial charge on any atom is -0.278 e. The molecule has 0 fully saturated rings. The molecular weight excluding hydrogens is 240 g/mol. The first-order valence-electron chi connectivity index (χ1n) is 5.66. The van der Waals surface area contributed by atoms with Gasteiger partial charge in [-0.05, 0) is 6.42 Å². The zero-order valence-electron chi connectivity index (χ0n) is 9.93. The molecule has 1 aliphatic rings. The predicted octanol–water partition coefficient (Wildman–Crippen LogP) is 3.10. The van der Waals surface area contributed by atoms with Crippen LogP contribution in [0.3, 0.4) is 0 Å². The molecular formula is C10H20N4S2. The number of nitrogens with zero attached hydrogens (tertiary/aromatic N) is 3. The van der Waals surface area contributed by atoms with Crippen molar-refractivity contribution in [3.05, 3.63) is 0 Å². The van der Waals surface area contributed by atoms with Gasteiger partial charge >= 0.3 is 0 Å². The zero-order chi connectivity index (χ0) is 11.9. The number of rotatable bonds is 8. The predicted molar refractivity (Wildman–Crippen MR) is 74.2 cm³/mol. The summed E-state index contributed by atoms with van der Waals surface area (Å²) in [7, 11) is 0. The summed E-state index contributed by atoms with van der Waals surface area (Å²) in [5, 5.41) is 7.44. The van der Waals surface area contributed by atoms with Gasteiger partial charge in [-0.25, -0.2) is 4.99 Å². The highest BCUT2D eigenvalue weighted by Gasteiger charge is 2.25. The number of unbranched alkanes of at least 4 members (excludes halogenated alkanes) is 1. The van der Waals surface area contributed by atoms with Gasteiger partial charge in [-0.15, -0.1) is 10.2 Å². The van der Waals surface area contributed by atoms with E-state index in [1.165, 1.54) is 25.6 Å². The summed E-state index contributed by atoms with van der Waals surface area (Å²) in [6.45, 7) is 4.52. The summed E-state index contributed by atoms with van der Waals surface area (Å²) in [6.07, 6.45) is 5.32. The lowest BCUT2D eigenvalue weighted by Gasteiger charge is -2.15. The molecule has 6 heteroatoms. The number of nitrogens with two attached hydrogens (primary N) is 1. The topological polar surface area (TPSA) is 63.1 Å². The third-order valence-electron chi connectivity index (χ3n) is 2.26. The molecule has 2 N–H and O–H groups in total. The second-order valence-corrected chi connectivity index (χ2v) is 6.63. The minimum absolute atomic E-state index is 0.739. The molecule has 4 nitrogen and oxygen atoms in total. The Morgan fingerprint density at radius 3 is 2.88 bits per heavy atom. The van der Waals surface area contributed by atoms with Crippen LogP contribution in [0.4, 0.5) is 0 Å². The van der Waals surface area contributed by atoms with E-state index in [9.17, 15) is 0 Å². The maximum atomic E-state index is 5.85. The number of aliphatic imine (C=N–C) groups is 1. The van der Waals surface area contributed by atoms with Crippen molar-refractivity contribution in [2.45, 2.75) is 43.5 Å². The van der Waals surface area contributed by atoms with E-state index < -0.39 is 5.12 Å². The van der Waals surface area contributed by atoms with Crippen LogP contribution in [0, 0.1) is 0 Å². The fourth-order valence-electron chi connectivity index (χ4n) is 1.33. The molecule has 16 heavy (non-hydrogen) atoms. The van der Waals surface area contributed by atoms with Crippen LogP contribution < -0.4 is 5.73 Å². The van der Waals surface area contributed by atoms with E-state index in [2.05, 4.69) is 29.1 Å². The monoisotopic (exact) mass is 260 g/mol. The fraction of sp³-hybridized carbons (Fsp3) is 0.900. The Hall–Kier alpha value is -0.0700. The van der Waals surface area contributed by atoms with Crippen molar-refractivity contribution >= 4 is 29.9 Å². The van der Waals surface area contributed by atoms with Crippen molar-refractivity contribution in [2.75, 3.05) is 11.5 Å². The highest BCUT2D eigenvalue weighted by molar-refractivity contribution is 8.03. The third kappa shape index (κ3) is 5.32. The molecule has 0 amide bonds. The fourth-order valence-corrected chi connectivity index (χ4v) is 3.31. The van der Waals surface area contributed by atoms with Crippen LogP contribution in [-0.4, -0.2) is 28.2 Å². The Bertz CT molecular complexity index is 243. The average molecular weight is 260 g/mol. The van der Waals surface area contributed by atoms with Crippen molar-refractivity contribution in [2.24, 2.45) is 21.0 Å². The molecule has 1 heterocycles. The number of azo groups is 1. The van der Waals surface area contributed by atoms with Gasteiger partial charge in [0.1, 0.15) is 6.34 Å². The Morgan fingerprint density at radius 1 is 1.44 bits per heavy atom. The Labute approximate surface area is 106 Å². The first-order valence-corrected chi connectivity index (χ1v) is 7.70. The number of hydrogen-bond acceptors (Lipinski definition) is 6. The number of hydrogen-bond donors (Lipinski definition) is 1. The van der Waals surface area contributed by atoms with E-state index in [-0.39, 0.29) is 0 Å². The summed E-state index contributed by atoms with van der Waals surface area (Å²) < 4.78 is 0. The van der Waals surface area contributed by atoms with Crippen LogP contribution in [0.15, 0.2) is 15.2 Å². The van der Waals surface area contributed by atoms with Gasteiger partial charge in [-0.1, -0.05) is 38.5 Å². The second-order valence-electron chi connectivity index (χ2n) is 3.79. The van der Waals surface area contributed by atoms with Crippen molar-refractivity contribution in [1.82, 2.24) is 0 Å². The van der Waals surface area contributed by atoms with Gasteiger partial charge in [0.25, 0.3) is 5.12 Å². The molecule has 0 aromatic rings. The molecule has 0 bridgehead atoms. The first-order chi connectivity index (χ1) is 7.66. The van der Waals surface area contributed by atoms with Gasteiger partial charge in [-0.2, -0.15) is 11.8 Å². The lowest BCUT2D eigenvalue weighted by molar-refractivity contribution is 0.680. The summed E-state index contributed by atoms with van der Waals surface area (Å²) in [5.41, 5.74) is 5.85. The van der Waals surface area contributed by atoms with Gasteiger partial charge in [0.15, 0.2) is 0 Å². The van der Waals surface area contributed by atoms with E-state index in [0.29, 0.717) is 0 Å². The molecule has 0 radical (unpaired) electrons. The Kier molecular flexibility index (Phi) is 6.38. The van der Waals surface area contributed by atoms with E-state index in [1.807, 2.05) is 11.8 Å². The largest absolute Gasteiger partial charge is 0.278 e. The molecule has 0 aromatic heterocycles. The van der Waals surface area contributed by atoms with Crippen molar-refractivity contribution < 1.29 is 0 Å². The van der Waals surface area contributed by atoms with Crippen LogP contribution >= 0.6 is 23.5 Å². The molecule has 92 valence electrons. The molecule has 0 aromatic carbocycles. The summed E-state index contributed by atoms with van der Waals surface area (Å²) in [5.74, 6) is 2.06. The van der Waals surface area contributed by atoms with Crippen molar-refractivity contribution in [3.8, 4) is 0 Å². The highest BCUT2D eigenvalue weighted by Crippen LogP contribution is 2.27. The molecule has 2 atom stereocenters. The van der Waals surface area contributed by atoms with Crippen molar-refractivity contribution in [3.63, 3.8) is 0 Å². The second kappa shape index (κ2) is 7.29. The molecule has 0 spiro atoms. The van der Waals surface area contributed by atoms with Crippen LogP contribution in [0.1, 0.15) is 33.1 Å². The summed E-state index contributed by atoms with van der Waals surface area (Å²) >= 11 is 3.55. The van der Waals surface area contributed by atoms with E-state index in [1.54, 1.807) is 11.8 Å². The normalized spacial score (nSPS) is 25.2. The minimum atomic E-state index is -0.840. The van der Waals surface area contributed by atoms with E-state index in [0.717, 1.165) is 16.8 Å². The maximum Gasteiger partial charge on any atom is 0.272 e. The Morgan fingerprint density at radius 2 is 2.25 bits per heavy atom. The first kappa shape index (κ1) is 14.0. The standard InChI is InChI=1S/C10H20N4S2/c1-3-4-5-9(2)15-6-7-16-10(11)12-8-13-14-10/h8-9H,3-7,11H2,1-2H3. The van der Waals surface area contributed by atoms with Crippen LogP contribution in [0.5, 0.6) is 0 Å². The van der Waals surface area contributed by atoms with Crippen LogP contribution in [0.25, 0.3) is 0 Å². The van der Waals surface area contributed by atoms with Gasteiger partial charge in [0.2, 0.25) is 0 Å². The quantitative estimate of drug-likeness (QED) is 0.539. The lowest BCUT2D eigenvalue weighted by atomic mass is 10.2. The smallest absolute Gasteiger partial charge is 0.272 e. The molecule has 2 unspecified atom stereocenters. The third-order valence-corrected chi connectivity index (χ3v) is 4.78. The molecule has 1 aliphatic heterocycles. The van der Waals surface area contributed by atoms with Crippen LogP contribution in [-0.2, 0) is 0 Å². The average Bonchev–Trinajstić information content (AvgIpc) is 2.69.